The maximum absolute atomic E-state index is 11.9. The van der Waals surface area contributed by atoms with E-state index < -0.39 is 9.84 Å². The van der Waals surface area contributed by atoms with Gasteiger partial charge in [0.1, 0.15) is 0 Å². The molecular formula is C12H17NO4S. The molecule has 0 saturated heterocycles. The number of hydrogen-bond donors (Lipinski definition) is 2. The van der Waals surface area contributed by atoms with E-state index in [-0.39, 0.29) is 35.6 Å². The molecule has 0 bridgehead atoms. The molecule has 0 radical (unpaired) electrons. The monoisotopic (exact) mass is 271 g/mol. The van der Waals surface area contributed by atoms with Gasteiger partial charge in [-0.05, 0) is 19.1 Å². The van der Waals surface area contributed by atoms with Crippen molar-refractivity contribution in [2.24, 2.45) is 0 Å². The number of sulfone groups is 1. The average molecular weight is 271 g/mol. The van der Waals surface area contributed by atoms with Crippen LogP contribution in [0.4, 0.5) is 0 Å². The summed E-state index contributed by atoms with van der Waals surface area (Å²) < 4.78 is 23.7. The lowest BCUT2D eigenvalue weighted by molar-refractivity contribution is -0.121. The van der Waals surface area contributed by atoms with Crippen LogP contribution in [0.25, 0.3) is 0 Å². The molecule has 1 rings (SSSR count). The van der Waals surface area contributed by atoms with Crippen LogP contribution in [0.5, 0.6) is 0 Å². The van der Waals surface area contributed by atoms with Crippen molar-refractivity contribution in [1.29, 1.82) is 0 Å². The maximum Gasteiger partial charge on any atom is 0.221 e. The van der Waals surface area contributed by atoms with E-state index in [0.29, 0.717) is 0 Å². The van der Waals surface area contributed by atoms with Crippen LogP contribution < -0.4 is 5.32 Å². The number of benzene rings is 1. The molecule has 0 spiro atoms. The normalized spacial score (nSPS) is 13.0. The Morgan fingerprint density at radius 1 is 1.33 bits per heavy atom. The Morgan fingerprint density at radius 3 is 2.50 bits per heavy atom. The summed E-state index contributed by atoms with van der Waals surface area (Å²) in [5.74, 6) is -0.614. The van der Waals surface area contributed by atoms with Gasteiger partial charge in [0, 0.05) is 12.5 Å². The molecule has 0 unspecified atom stereocenters. The number of nitrogens with one attached hydrogen (secondary N) is 1. The summed E-state index contributed by atoms with van der Waals surface area (Å²) in [7, 11) is -3.42. The molecule has 5 nitrogen and oxygen atoms in total. The average Bonchev–Trinajstić information content (AvgIpc) is 2.37. The smallest absolute Gasteiger partial charge is 0.221 e. The third-order valence-corrected chi connectivity index (χ3v) is 4.11. The van der Waals surface area contributed by atoms with E-state index in [0.717, 1.165) is 0 Å². The van der Waals surface area contributed by atoms with Gasteiger partial charge in [-0.3, -0.25) is 4.79 Å². The summed E-state index contributed by atoms with van der Waals surface area (Å²) in [4.78, 5) is 11.6. The Labute approximate surface area is 107 Å². The van der Waals surface area contributed by atoms with Gasteiger partial charge in [0.25, 0.3) is 0 Å². The fourth-order valence-electron chi connectivity index (χ4n) is 1.37. The largest absolute Gasteiger partial charge is 0.394 e. The lowest BCUT2D eigenvalue weighted by Crippen LogP contribution is -2.35. The molecule has 0 aliphatic rings. The number of carbonyl (C=O) groups excluding carboxylic acids is 1. The van der Waals surface area contributed by atoms with Gasteiger partial charge >= 0.3 is 0 Å². The van der Waals surface area contributed by atoms with Crippen LogP contribution in [-0.2, 0) is 14.6 Å². The lowest BCUT2D eigenvalue weighted by atomic mass is 10.3. The first kappa shape index (κ1) is 14.7. The molecule has 0 fully saturated rings. The Balaban J connectivity index is 2.56. The van der Waals surface area contributed by atoms with Gasteiger partial charge in [0.05, 0.1) is 17.3 Å². The number of hydrogen-bond acceptors (Lipinski definition) is 4. The summed E-state index contributed by atoms with van der Waals surface area (Å²) in [6, 6.07) is 7.65. The topological polar surface area (TPSA) is 83.5 Å². The van der Waals surface area contributed by atoms with Gasteiger partial charge in [0.15, 0.2) is 9.84 Å². The zero-order valence-corrected chi connectivity index (χ0v) is 11.0. The third-order valence-electron chi connectivity index (χ3n) is 2.38. The molecule has 6 heteroatoms. The molecule has 0 heterocycles. The number of carbonyl (C=O) groups is 1. The minimum Gasteiger partial charge on any atom is -0.394 e. The highest BCUT2D eigenvalue weighted by Crippen LogP contribution is 2.10. The van der Waals surface area contributed by atoms with E-state index in [9.17, 15) is 13.2 Å². The number of aliphatic hydroxyl groups excluding tert-OH is 1. The van der Waals surface area contributed by atoms with E-state index in [4.69, 9.17) is 5.11 Å². The summed E-state index contributed by atoms with van der Waals surface area (Å²) >= 11 is 0. The Bertz CT molecular complexity index is 484. The van der Waals surface area contributed by atoms with E-state index in [1.54, 1.807) is 25.1 Å². The molecule has 100 valence electrons. The van der Waals surface area contributed by atoms with Gasteiger partial charge < -0.3 is 10.4 Å². The van der Waals surface area contributed by atoms with Gasteiger partial charge in [-0.2, -0.15) is 0 Å². The Hall–Kier alpha value is -1.40. The van der Waals surface area contributed by atoms with E-state index in [2.05, 4.69) is 5.32 Å². The molecule has 1 aromatic rings. The highest BCUT2D eigenvalue weighted by atomic mass is 32.2. The van der Waals surface area contributed by atoms with Crippen molar-refractivity contribution >= 4 is 15.7 Å². The van der Waals surface area contributed by atoms with Crippen LogP contribution in [0.1, 0.15) is 13.3 Å². The van der Waals surface area contributed by atoms with Crippen molar-refractivity contribution in [2.75, 3.05) is 12.4 Å². The zero-order valence-electron chi connectivity index (χ0n) is 10.2. The molecule has 1 amide bonds. The predicted molar refractivity (Wildman–Crippen MR) is 67.8 cm³/mol. The van der Waals surface area contributed by atoms with E-state index in [1.807, 2.05) is 0 Å². The fourth-order valence-corrected chi connectivity index (χ4v) is 2.63. The fraction of sp³-hybridized carbons (Fsp3) is 0.417. The van der Waals surface area contributed by atoms with Crippen LogP contribution in [0.15, 0.2) is 35.2 Å². The van der Waals surface area contributed by atoms with Crippen molar-refractivity contribution in [1.82, 2.24) is 5.32 Å². The van der Waals surface area contributed by atoms with Gasteiger partial charge in [-0.25, -0.2) is 8.42 Å². The minimum absolute atomic E-state index is 0.110. The molecule has 2 N–H and O–H groups in total. The highest BCUT2D eigenvalue weighted by Gasteiger charge is 2.16. The second-order valence-electron chi connectivity index (χ2n) is 4.03. The summed E-state index contributed by atoms with van der Waals surface area (Å²) in [6.07, 6.45) is -0.110. The SMILES string of the molecule is C[C@@H](CO)NC(=O)CCS(=O)(=O)c1ccccc1. The van der Waals surface area contributed by atoms with Crippen molar-refractivity contribution in [3.05, 3.63) is 30.3 Å². The summed E-state index contributed by atoms with van der Waals surface area (Å²) in [5.41, 5.74) is 0. The first-order chi connectivity index (χ1) is 8.45. The molecule has 18 heavy (non-hydrogen) atoms. The maximum atomic E-state index is 11.9. The third kappa shape index (κ3) is 4.46. The molecule has 0 aliphatic carbocycles. The minimum atomic E-state index is -3.42. The Kier molecular flexibility index (Phi) is 5.30. The Morgan fingerprint density at radius 2 is 1.94 bits per heavy atom. The van der Waals surface area contributed by atoms with Crippen molar-refractivity contribution in [3.8, 4) is 0 Å². The number of amides is 1. The van der Waals surface area contributed by atoms with Crippen LogP contribution in [0, 0.1) is 0 Å². The van der Waals surface area contributed by atoms with Gasteiger partial charge in [0.2, 0.25) is 5.91 Å². The van der Waals surface area contributed by atoms with Gasteiger partial charge in [-0.1, -0.05) is 18.2 Å². The van der Waals surface area contributed by atoms with Crippen LogP contribution in [0.2, 0.25) is 0 Å². The van der Waals surface area contributed by atoms with Crippen molar-refractivity contribution < 1.29 is 18.3 Å². The molecule has 0 aliphatic heterocycles. The number of rotatable bonds is 6. The number of aliphatic hydroxyl groups is 1. The molecule has 0 aromatic heterocycles. The molecule has 1 aromatic carbocycles. The zero-order chi connectivity index (χ0) is 13.6. The van der Waals surface area contributed by atoms with Crippen molar-refractivity contribution in [2.45, 2.75) is 24.3 Å². The summed E-state index contributed by atoms with van der Waals surface area (Å²) in [6.45, 7) is 1.47. The van der Waals surface area contributed by atoms with Crippen molar-refractivity contribution in [3.63, 3.8) is 0 Å². The highest BCUT2D eigenvalue weighted by molar-refractivity contribution is 7.91. The first-order valence-corrected chi connectivity index (χ1v) is 7.29. The van der Waals surface area contributed by atoms with Crippen LogP contribution in [0.3, 0.4) is 0 Å². The molecule has 1 atom stereocenters. The van der Waals surface area contributed by atoms with Crippen LogP contribution >= 0.6 is 0 Å². The molecular weight excluding hydrogens is 254 g/mol. The second-order valence-corrected chi connectivity index (χ2v) is 6.14. The molecule has 0 saturated carbocycles. The standard InChI is InChI=1S/C12H17NO4S/c1-10(9-14)13-12(15)7-8-18(16,17)11-5-3-2-4-6-11/h2-6,10,14H,7-9H2,1H3,(H,13,15)/t10-/m0/s1. The lowest BCUT2D eigenvalue weighted by Gasteiger charge is -2.10. The second kappa shape index (κ2) is 6.51. The first-order valence-electron chi connectivity index (χ1n) is 5.63. The summed E-state index contributed by atoms with van der Waals surface area (Å²) in [5, 5.41) is 11.3. The van der Waals surface area contributed by atoms with Gasteiger partial charge in [-0.15, -0.1) is 0 Å². The van der Waals surface area contributed by atoms with E-state index >= 15 is 0 Å². The van der Waals surface area contributed by atoms with E-state index in [1.165, 1.54) is 12.1 Å². The van der Waals surface area contributed by atoms with Crippen LogP contribution in [-0.4, -0.2) is 37.8 Å². The quantitative estimate of drug-likeness (QED) is 0.782. The predicted octanol–water partition coefficient (Wildman–Crippen LogP) is 0.347.